The smallest absolute Gasteiger partial charge is 0.256 e. The van der Waals surface area contributed by atoms with Crippen LogP contribution in [-0.2, 0) is 16.1 Å². The number of anilines is 2. The summed E-state index contributed by atoms with van der Waals surface area (Å²) in [4.78, 5) is 29.9. The third-order valence-corrected chi connectivity index (χ3v) is 6.57. The number of hydrogen-bond acceptors (Lipinski definition) is 5. The quantitative estimate of drug-likeness (QED) is 0.336. The molecule has 1 aliphatic heterocycles. The fraction of sp³-hybridized carbons (Fsp3) is 0.250. The standard InChI is InChI=1S/C28H28ClN3O4S/c1-3-16-36-24-14-8-21(9-15-24)30-26(33)17-25-27(34)32(22-10-6-20(29)7-11-22)28(37)31(25)18-19-4-12-23(35-2)13-5-19/h4-15,25H,3,16-18H2,1-2H3,(H,30,33)/t25-/m1/s1. The highest BCUT2D eigenvalue weighted by molar-refractivity contribution is 7.80. The van der Waals surface area contributed by atoms with E-state index in [0.717, 1.165) is 23.5 Å². The van der Waals surface area contributed by atoms with Gasteiger partial charge in [-0.1, -0.05) is 30.7 Å². The average Bonchev–Trinajstić information content (AvgIpc) is 3.13. The molecule has 0 bridgehead atoms. The lowest BCUT2D eigenvalue weighted by molar-refractivity contribution is -0.124. The van der Waals surface area contributed by atoms with E-state index in [1.165, 1.54) is 4.90 Å². The van der Waals surface area contributed by atoms with Gasteiger partial charge in [0.1, 0.15) is 17.5 Å². The van der Waals surface area contributed by atoms with E-state index in [1.807, 2.05) is 31.2 Å². The molecule has 1 N–H and O–H groups in total. The largest absolute Gasteiger partial charge is 0.497 e. The SMILES string of the molecule is CCCOc1ccc(NC(=O)C[C@@H]2C(=O)N(c3ccc(Cl)cc3)C(=S)N2Cc2ccc(OC)cc2)cc1. The normalized spacial score (nSPS) is 15.2. The number of thiocarbonyl (C=S) groups is 1. The lowest BCUT2D eigenvalue weighted by atomic mass is 10.1. The summed E-state index contributed by atoms with van der Waals surface area (Å²) in [6.45, 7) is 3.03. The van der Waals surface area contributed by atoms with Gasteiger partial charge in [0.25, 0.3) is 5.91 Å². The summed E-state index contributed by atoms with van der Waals surface area (Å²) in [5.74, 6) is 0.912. The maximum Gasteiger partial charge on any atom is 0.256 e. The molecule has 3 aromatic carbocycles. The minimum atomic E-state index is -0.766. The number of methoxy groups -OCH3 is 1. The van der Waals surface area contributed by atoms with Gasteiger partial charge in [-0.15, -0.1) is 0 Å². The highest BCUT2D eigenvalue weighted by Crippen LogP contribution is 2.30. The van der Waals surface area contributed by atoms with Crippen molar-refractivity contribution in [2.75, 3.05) is 23.9 Å². The monoisotopic (exact) mass is 537 g/mol. The van der Waals surface area contributed by atoms with Crippen molar-refractivity contribution in [1.82, 2.24) is 4.90 Å². The third-order valence-electron chi connectivity index (χ3n) is 5.91. The van der Waals surface area contributed by atoms with Gasteiger partial charge in [-0.05, 0) is 84.9 Å². The Morgan fingerprint density at radius 3 is 2.27 bits per heavy atom. The lowest BCUT2D eigenvalue weighted by Gasteiger charge is -2.24. The first-order valence-electron chi connectivity index (χ1n) is 12.0. The summed E-state index contributed by atoms with van der Waals surface area (Å²) in [5, 5.41) is 3.77. The van der Waals surface area contributed by atoms with E-state index in [2.05, 4.69) is 5.32 Å². The summed E-state index contributed by atoms with van der Waals surface area (Å²) >= 11 is 11.8. The number of amides is 2. The topological polar surface area (TPSA) is 71.1 Å². The number of benzene rings is 3. The predicted molar refractivity (Wildman–Crippen MR) is 149 cm³/mol. The molecule has 37 heavy (non-hydrogen) atoms. The van der Waals surface area contributed by atoms with Gasteiger partial charge >= 0.3 is 0 Å². The second-order valence-corrected chi connectivity index (χ2v) is 9.35. The summed E-state index contributed by atoms with van der Waals surface area (Å²) in [7, 11) is 1.60. The summed E-state index contributed by atoms with van der Waals surface area (Å²) < 4.78 is 10.8. The Bertz CT molecular complexity index is 1250. The minimum absolute atomic E-state index is 0.0622. The van der Waals surface area contributed by atoms with Crippen molar-refractivity contribution in [3.63, 3.8) is 0 Å². The van der Waals surface area contributed by atoms with E-state index in [-0.39, 0.29) is 18.2 Å². The van der Waals surface area contributed by atoms with Crippen LogP contribution in [0.15, 0.2) is 72.8 Å². The molecule has 7 nitrogen and oxygen atoms in total. The molecular weight excluding hydrogens is 510 g/mol. The van der Waals surface area contributed by atoms with Crippen molar-refractivity contribution in [2.45, 2.75) is 32.4 Å². The number of carbonyl (C=O) groups is 2. The molecule has 4 rings (SSSR count). The molecular formula is C28H28ClN3O4S. The van der Waals surface area contributed by atoms with Crippen molar-refractivity contribution in [2.24, 2.45) is 0 Å². The van der Waals surface area contributed by atoms with Crippen LogP contribution >= 0.6 is 23.8 Å². The zero-order chi connectivity index (χ0) is 26.4. The van der Waals surface area contributed by atoms with E-state index in [1.54, 1.807) is 60.5 Å². The molecule has 1 aliphatic rings. The van der Waals surface area contributed by atoms with Gasteiger partial charge < -0.3 is 19.7 Å². The zero-order valence-electron chi connectivity index (χ0n) is 20.6. The van der Waals surface area contributed by atoms with Gasteiger partial charge in [0.05, 0.1) is 25.8 Å². The summed E-state index contributed by atoms with van der Waals surface area (Å²) in [6, 6.07) is 20.8. The first-order chi connectivity index (χ1) is 17.9. The molecule has 1 saturated heterocycles. The molecule has 3 aromatic rings. The van der Waals surface area contributed by atoms with Crippen LogP contribution in [0.3, 0.4) is 0 Å². The van der Waals surface area contributed by atoms with E-state index >= 15 is 0 Å². The fourth-order valence-corrected chi connectivity index (χ4v) is 4.52. The van der Waals surface area contributed by atoms with Gasteiger partial charge in [0.2, 0.25) is 5.91 Å². The molecule has 0 radical (unpaired) electrons. The molecule has 192 valence electrons. The van der Waals surface area contributed by atoms with E-state index < -0.39 is 6.04 Å². The Kier molecular flexibility index (Phi) is 8.63. The molecule has 1 atom stereocenters. The van der Waals surface area contributed by atoms with Crippen LogP contribution < -0.4 is 19.7 Å². The molecule has 1 heterocycles. The molecule has 0 unspecified atom stereocenters. The number of rotatable bonds is 10. The molecule has 0 saturated carbocycles. The first kappa shape index (κ1) is 26.4. The van der Waals surface area contributed by atoms with E-state index in [9.17, 15) is 9.59 Å². The third kappa shape index (κ3) is 6.39. The Balaban J connectivity index is 1.53. The number of nitrogens with zero attached hydrogens (tertiary/aromatic N) is 2. The van der Waals surface area contributed by atoms with Gasteiger partial charge in [-0.2, -0.15) is 0 Å². The molecule has 0 aromatic heterocycles. The maximum atomic E-state index is 13.6. The lowest BCUT2D eigenvalue weighted by Crippen LogP contribution is -2.37. The molecule has 1 fully saturated rings. The van der Waals surface area contributed by atoms with Gasteiger partial charge in [0, 0.05) is 17.3 Å². The van der Waals surface area contributed by atoms with Crippen LogP contribution in [0.5, 0.6) is 11.5 Å². The van der Waals surface area contributed by atoms with Crippen LogP contribution in [0.4, 0.5) is 11.4 Å². The average molecular weight is 538 g/mol. The predicted octanol–water partition coefficient (Wildman–Crippen LogP) is 5.67. The Labute approximate surface area is 226 Å². The van der Waals surface area contributed by atoms with Gasteiger partial charge in [-0.3, -0.25) is 14.5 Å². The van der Waals surface area contributed by atoms with Crippen LogP contribution in [-0.4, -0.2) is 41.6 Å². The fourth-order valence-electron chi connectivity index (χ4n) is 4.01. The number of hydrogen-bond donors (Lipinski definition) is 1. The summed E-state index contributed by atoms with van der Waals surface area (Å²) in [6.07, 6.45) is 0.850. The molecule has 0 aliphatic carbocycles. The minimum Gasteiger partial charge on any atom is -0.497 e. The van der Waals surface area contributed by atoms with E-state index in [4.69, 9.17) is 33.3 Å². The van der Waals surface area contributed by atoms with Gasteiger partial charge in [-0.25, -0.2) is 0 Å². The van der Waals surface area contributed by atoms with Crippen LogP contribution in [0, 0.1) is 0 Å². The molecule has 9 heteroatoms. The highest BCUT2D eigenvalue weighted by atomic mass is 35.5. The second-order valence-electron chi connectivity index (χ2n) is 8.55. The number of nitrogens with one attached hydrogen (secondary N) is 1. The first-order valence-corrected chi connectivity index (χ1v) is 12.7. The van der Waals surface area contributed by atoms with Crippen molar-refractivity contribution in [3.8, 4) is 11.5 Å². The summed E-state index contributed by atoms with van der Waals surface area (Å²) in [5.41, 5.74) is 2.16. The molecule has 0 spiro atoms. The number of carbonyl (C=O) groups excluding carboxylic acids is 2. The number of halogens is 1. The Morgan fingerprint density at radius 1 is 1.00 bits per heavy atom. The van der Waals surface area contributed by atoms with E-state index in [0.29, 0.717) is 34.7 Å². The van der Waals surface area contributed by atoms with Crippen molar-refractivity contribution in [3.05, 3.63) is 83.4 Å². The molecule has 2 amide bonds. The van der Waals surface area contributed by atoms with Crippen molar-refractivity contribution >= 4 is 52.1 Å². The maximum absolute atomic E-state index is 13.6. The van der Waals surface area contributed by atoms with Crippen LogP contribution in [0.1, 0.15) is 25.3 Å². The second kappa shape index (κ2) is 12.1. The number of ether oxygens (including phenoxy) is 2. The Morgan fingerprint density at radius 2 is 1.65 bits per heavy atom. The zero-order valence-corrected chi connectivity index (χ0v) is 22.2. The Hall–Kier alpha value is -3.62. The van der Waals surface area contributed by atoms with Gasteiger partial charge in [0.15, 0.2) is 5.11 Å². The van der Waals surface area contributed by atoms with Crippen LogP contribution in [0.25, 0.3) is 0 Å². The highest BCUT2D eigenvalue weighted by Gasteiger charge is 2.44. The van der Waals surface area contributed by atoms with Crippen LogP contribution in [0.2, 0.25) is 5.02 Å². The van der Waals surface area contributed by atoms with Crippen molar-refractivity contribution < 1.29 is 19.1 Å². The van der Waals surface area contributed by atoms with Crippen molar-refractivity contribution in [1.29, 1.82) is 0 Å².